The molecule has 2 aromatic rings. The van der Waals surface area contributed by atoms with Crippen LogP contribution in [-0.2, 0) is 17.9 Å². The van der Waals surface area contributed by atoms with Crippen molar-refractivity contribution in [1.82, 2.24) is 9.88 Å². The molecule has 0 spiro atoms. The van der Waals surface area contributed by atoms with Crippen LogP contribution in [0, 0.1) is 13.8 Å². The number of ether oxygens (including phenoxy) is 1. The highest BCUT2D eigenvalue weighted by Gasteiger charge is 2.31. The number of amides is 1. The number of hydrogen-bond donors (Lipinski definition) is 2. The fraction of sp³-hybridized carbons (Fsp3) is 0.368. The molecule has 6 heteroatoms. The third-order valence-corrected chi connectivity index (χ3v) is 4.15. The Kier molecular flexibility index (Phi) is 5.64. The van der Waals surface area contributed by atoms with Gasteiger partial charge in [0.25, 0.3) is 11.5 Å². The Labute approximate surface area is 147 Å². The quantitative estimate of drug-likeness (QED) is 0.833. The molecule has 0 aliphatic heterocycles. The van der Waals surface area contributed by atoms with Gasteiger partial charge < -0.3 is 19.7 Å². The normalized spacial score (nSPS) is 13.2. The number of carbonyl (C=O) groups is 1. The molecule has 6 nitrogen and oxygen atoms in total. The standard InChI is InChI=1S/C19H24N2O4/c1-13-8-9-15(10-16(13)25-4)11-20-18(23)19(3,24)12-21-14(2)6-5-7-17(21)22/h5-10,24H,11-12H2,1-4H3,(H,20,23)/t19-/m1/s1. The maximum absolute atomic E-state index is 12.4. The minimum absolute atomic E-state index is 0.110. The van der Waals surface area contributed by atoms with E-state index >= 15 is 0 Å². The van der Waals surface area contributed by atoms with Gasteiger partial charge in [-0.3, -0.25) is 9.59 Å². The van der Waals surface area contributed by atoms with Gasteiger partial charge in [-0.15, -0.1) is 0 Å². The molecule has 1 atom stereocenters. The Morgan fingerprint density at radius 1 is 1.28 bits per heavy atom. The molecule has 25 heavy (non-hydrogen) atoms. The van der Waals surface area contributed by atoms with Crippen LogP contribution in [0.4, 0.5) is 0 Å². The number of nitrogens with zero attached hydrogens (tertiary/aromatic N) is 1. The first-order valence-electron chi connectivity index (χ1n) is 8.05. The Morgan fingerprint density at radius 3 is 2.64 bits per heavy atom. The molecule has 0 fully saturated rings. The van der Waals surface area contributed by atoms with Crippen molar-refractivity contribution in [3.8, 4) is 5.75 Å². The molecule has 0 aliphatic carbocycles. The minimum atomic E-state index is -1.70. The van der Waals surface area contributed by atoms with Crippen LogP contribution >= 0.6 is 0 Å². The predicted molar refractivity (Wildman–Crippen MR) is 95.6 cm³/mol. The number of carbonyl (C=O) groups excluding carboxylic acids is 1. The largest absolute Gasteiger partial charge is 0.496 e. The van der Waals surface area contributed by atoms with Gasteiger partial charge in [0.1, 0.15) is 5.75 Å². The van der Waals surface area contributed by atoms with Gasteiger partial charge in [0, 0.05) is 18.3 Å². The summed E-state index contributed by atoms with van der Waals surface area (Å²) >= 11 is 0. The Morgan fingerprint density at radius 2 is 2.00 bits per heavy atom. The van der Waals surface area contributed by atoms with Crippen LogP contribution in [0.2, 0.25) is 0 Å². The number of aromatic nitrogens is 1. The molecule has 0 bridgehead atoms. The van der Waals surface area contributed by atoms with Crippen LogP contribution in [0.5, 0.6) is 5.75 Å². The third kappa shape index (κ3) is 4.48. The van der Waals surface area contributed by atoms with E-state index in [-0.39, 0.29) is 18.6 Å². The van der Waals surface area contributed by atoms with E-state index in [4.69, 9.17) is 4.74 Å². The smallest absolute Gasteiger partial charge is 0.253 e. The number of aryl methyl sites for hydroxylation is 2. The lowest BCUT2D eigenvalue weighted by atomic mass is 10.1. The van der Waals surface area contributed by atoms with E-state index in [1.807, 2.05) is 25.1 Å². The topological polar surface area (TPSA) is 80.6 Å². The second-order valence-electron chi connectivity index (χ2n) is 6.35. The van der Waals surface area contributed by atoms with E-state index in [0.717, 1.165) is 16.9 Å². The van der Waals surface area contributed by atoms with Gasteiger partial charge in [0.15, 0.2) is 5.60 Å². The summed E-state index contributed by atoms with van der Waals surface area (Å²) in [7, 11) is 1.59. The average Bonchev–Trinajstić information content (AvgIpc) is 2.57. The van der Waals surface area contributed by atoms with Crippen LogP contribution in [-0.4, -0.2) is 28.3 Å². The van der Waals surface area contributed by atoms with Gasteiger partial charge in [0.2, 0.25) is 0 Å². The van der Waals surface area contributed by atoms with Crippen molar-refractivity contribution in [2.24, 2.45) is 0 Å². The molecule has 0 unspecified atom stereocenters. The summed E-state index contributed by atoms with van der Waals surface area (Å²) in [5.41, 5.74) is 0.591. The molecule has 1 amide bonds. The van der Waals surface area contributed by atoms with E-state index in [2.05, 4.69) is 5.32 Å². The molecule has 0 saturated carbocycles. The minimum Gasteiger partial charge on any atom is -0.496 e. The summed E-state index contributed by atoms with van der Waals surface area (Å²) in [6.45, 7) is 5.24. The van der Waals surface area contributed by atoms with Gasteiger partial charge in [-0.1, -0.05) is 18.2 Å². The van der Waals surface area contributed by atoms with Crippen LogP contribution < -0.4 is 15.6 Å². The molecule has 2 rings (SSSR count). The van der Waals surface area contributed by atoms with Crippen LogP contribution in [0.25, 0.3) is 0 Å². The van der Waals surface area contributed by atoms with Crippen molar-refractivity contribution in [3.63, 3.8) is 0 Å². The number of benzene rings is 1. The van der Waals surface area contributed by atoms with Gasteiger partial charge in [-0.25, -0.2) is 0 Å². The number of pyridine rings is 1. The number of rotatable bonds is 6. The monoisotopic (exact) mass is 344 g/mol. The Hall–Kier alpha value is -2.60. The van der Waals surface area contributed by atoms with Gasteiger partial charge in [0.05, 0.1) is 13.7 Å². The van der Waals surface area contributed by atoms with Crippen LogP contribution in [0.1, 0.15) is 23.7 Å². The summed E-state index contributed by atoms with van der Waals surface area (Å²) in [6.07, 6.45) is 0. The van der Waals surface area contributed by atoms with E-state index in [0.29, 0.717) is 5.69 Å². The molecule has 1 heterocycles. The van der Waals surface area contributed by atoms with Gasteiger partial charge >= 0.3 is 0 Å². The molecule has 0 radical (unpaired) electrons. The molecular weight excluding hydrogens is 320 g/mol. The fourth-order valence-corrected chi connectivity index (χ4v) is 2.55. The summed E-state index contributed by atoms with van der Waals surface area (Å²) in [5, 5.41) is 13.2. The molecule has 0 saturated heterocycles. The second kappa shape index (κ2) is 7.53. The average molecular weight is 344 g/mol. The van der Waals surface area contributed by atoms with Crippen molar-refractivity contribution in [2.45, 2.75) is 39.5 Å². The van der Waals surface area contributed by atoms with Crippen molar-refractivity contribution in [3.05, 3.63) is 63.6 Å². The summed E-state index contributed by atoms with van der Waals surface area (Å²) < 4.78 is 6.65. The fourth-order valence-electron chi connectivity index (χ4n) is 2.55. The highest BCUT2D eigenvalue weighted by molar-refractivity contribution is 5.84. The number of aliphatic hydroxyl groups is 1. The van der Waals surface area contributed by atoms with Crippen molar-refractivity contribution >= 4 is 5.91 Å². The Bertz CT molecular complexity index is 824. The maximum Gasteiger partial charge on any atom is 0.253 e. The van der Waals surface area contributed by atoms with E-state index in [1.165, 1.54) is 17.6 Å². The molecule has 2 N–H and O–H groups in total. The van der Waals surface area contributed by atoms with E-state index < -0.39 is 11.5 Å². The number of methoxy groups -OCH3 is 1. The highest BCUT2D eigenvalue weighted by Crippen LogP contribution is 2.19. The zero-order valence-electron chi connectivity index (χ0n) is 15.0. The van der Waals surface area contributed by atoms with E-state index in [1.54, 1.807) is 26.2 Å². The van der Waals surface area contributed by atoms with Crippen LogP contribution in [0.3, 0.4) is 0 Å². The maximum atomic E-state index is 12.4. The van der Waals surface area contributed by atoms with Crippen LogP contribution in [0.15, 0.2) is 41.2 Å². The lowest BCUT2D eigenvalue weighted by Gasteiger charge is -2.24. The second-order valence-corrected chi connectivity index (χ2v) is 6.35. The van der Waals surface area contributed by atoms with E-state index in [9.17, 15) is 14.7 Å². The van der Waals surface area contributed by atoms with Crippen molar-refractivity contribution in [2.75, 3.05) is 7.11 Å². The molecular formula is C19H24N2O4. The Balaban J connectivity index is 2.07. The zero-order chi connectivity index (χ0) is 18.6. The third-order valence-electron chi connectivity index (χ3n) is 4.15. The SMILES string of the molecule is COc1cc(CNC(=O)[C@](C)(O)Cn2c(C)cccc2=O)ccc1C. The predicted octanol–water partition coefficient (Wildman–Crippen LogP) is 1.54. The first-order valence-corrected chi connectivity index (χ1v) is 8.05. The molecule has 1 aromatic carbocycles. The molecule has 0 aliphatic rings. The first kappa shape index (κ1) is 18.7. The van der Waals surface area contributed by atoms with Crippen molar-refractivity contribution < 1.29 is 14.6 Å². The number of nitrogens with one attached hydrogen (secondary N) is 1. The van der Waals surface area contributed by atoms with Crippen molar-refractivity contribution in [1.29, 1.82) is 0 Å². The number of hydrogen-bond acceptors (Lipinski definition) is 4. The van der Waals surface area contributed by atoms with Gasteiger partial charge in [-0.05, 0) is 44.0 Å². The lowest BCUT2D eigenvalue weighted by Crippen LogP contribution is -2.48. The summed E-state index contributed by atoms with van der Waals surface area (Å²) in [5.74, 6) is 0.201. The summed E-state index contributed by atoms with van der Waals surface area (Å²) in [6, 6.07) is 10.4. The molecule has 1 aromatic heterocycles. The molecule has 134 valence electrons. The zero-order valence-corrected chi connectivity index (χ0v) is 15.0. The van der Waals surface area contributed by atoms with Gasteiger partial charge in [-0.2, -0.15) is 0 Å². The lowest BCUT2D eigenvalue weighted by molar-refractivity contribution is -0.139. The first-order chi connectivity index (χ1) is 11.7. The summed E-state index contributed by atoms with van der Waals surface area (Å²) in [4.78, 5) is 24.3. The highest BCUT2D eigenvalue weighted by atomic mass is 16.5.